The van der Waals surface area contributed by atoms with Crippen LogP contribution in [0.3, 0.4) is 0 Å². The number of carbonyl (C=O) groups excluding carboxylic acids is 1. The average molecular weight is 500 g/mol. The summed E-state index contributed by atoms with van der Waals surface area (Å²) in [5.74, 6) is 3.27. The van der Waals surface area contributed by atoms with E-state index in [1.807, 2.05) is 29.3 Å². The second-order valence-electron chi connectivity index (χ2n) is 10.7. The Kier molecular flexibility index (Phi) is 6.46. The van der Waals surface area contributed by atoms with E-state index in [2.05, 4.69) is 51.0 Å². The van der Waals surface area contributed by atoms with Gasteiger partial charge in [0.25, 0.3) is 5.89 Å². The van der Waals surface area contributed by atoms with Gasteiger partial charge in [-0.3, -0.25) is 14.7 Å². The van der Waals surface area contributed by atoms with Crippen LogP contribution in [0.2, 0.25) is 0 Å². The summed E-state index contributed by atoms with van der Waals surface area (Å²) in [7, 11) is 0. The van der Waals surface area contributed by atoms with Gasteiger partial charge in [-0.05, 0) is 54.7 Å². The highest BCUT2D eigenvalue weighted by molar-refractivity contribution is 5.81. The highest BCUT2D eigenvalue weighted by atomic mass is 16.5. The zero-order valence-corrected chi connectivity index (χ0v) is 21.5. The lowest BCUT2D eigenvalue weighted by molar-refractivity contribution is -0.134. The first kappa shape index (κ1) is 23.8. The van der Waals surface area contributed by atoms with Crippen LogP contribution in [0, 0.1) is 11.8 Å². The molecule has 192 valence electrons. The molecule has 1 amide bonds. The number of imidazole rings is 1. The number of hydrogen-bond donors (Lipinski definition) is 1. The number of aromatic nitrogens is 5. The number of hydrogen-bond acceptors (Lipinski definition) is 7. The first-order valence-electron chi connectivity index (χ1n) is 13.3. The zero-order chi connectivity index (χ0) is 25.4. The van der Waals surface area contributed by atoms with Crippen molar-refractivity contribution in [2.24, 2.45) is 11.8 Å². The number of nitrogens with zero attached hydrogens (tertiary/aromatic N) is 6. The number of amides is 1. The molecule has 1 aliphatic heterocycles. The van der Waals surface area contributed by atoms with Gasteiger partial charge in [-0.15, -0.1) is 0 Å². The third-order valence-corrected chi connectivity index (χ3v) is 7.08. The predicted octanol–water partition coefficient (Wildman–Crippen LogP) is 3.85. The summed E-state index contributed by atoms with van der Waals surface area (Å²) in [5.41, 5.74) is 4.93. The molecule has 6 rings (SSSR count). The summed E-state index contributed by atoms with van der Waals surface area (Å²) in [4.78, 5) is 34.1. The van der Waals surface area contributed by atoms with Gasteiger partial charge in [0.05, 0.1) is 11.0 Å². The standard InChI is InChI=1S/C28H33N7O2/c1-18(2)13-26-32-27(37-33-26)21-5-6-23-24(15-21)31-25(30-23)16-22-14-19(7-8-29-22)17-34-9-11-35(12-10-34)28(36)20-3-4-20/h5-8,14-15,18,20H,3-4,9-13,16-17H2,1-2H3,(H,30,31). The molecule has 0 bridgehead atoms. The molecule has 1 aliphatic carbocycles. The van der Waals surface area contributed by atoms with E-state index in [0.717, 1.165) is 85.9 Å². The van der Waals surface area contributed by atoms with E-state index in [0.29, 0.717) is 30.1 Å². The van der Waals surface area contributed by atoms with Crippen molar-refractivity contribution in [1.29, 1.82) is 0 Å². The van der Waals surface area contributed by atoms with E-state index in [-0.39, 0.29) is 0 Å². The monoisotopic (exact) mass is 499 g/mol. The topological polar surface area (TPSA) is 104 Å². The zero-order valence-electron chi connectivity index (χ0n) is 21.5. The van der Waals surface area contributed by atoms with Crippen molar-refractivity contribution in [2.75, 3.05) is 26.2 Å². The molecule has 1 aromatic carbocycles. The van der Waals surface area contributed by atoms with Crippen LogP contribution in [-0.4, -0.2) is 67.0 Å². The van der Waals surface area contributed by atoms with E-state index in [1.54, 1.807) is 0 Å². The summed E-state index contributed by atoms with van der Waals surface area (Å²) in [6, 6.07) is 10.2. The van der Waals surface area contributed by atoms with Crippen LogP contribution in [0.5, 0.6) is 0 Å². The van der Waals surface area contributed by atoms with Crippen LogP contribution in [0.25, 0.3) is 22.5 Å². The van der Waals surface area contributed by atoms with Gasteiger partial charge in [0.15, 0.2) is 5.82 Å². The van der Waals surface area contributed by atoms with Crippen molar-refractivity contribution in [3.05, 3.63) is 59.4 Å². The summed E-state index contributed by atoms with van der Waals surface area (Å²) in [5, 5.41) is 4.10. The van der Waals surface area contributed by atoms with Crippen molar-refractivity contribution >= 4 is 16.9 Å². The Labute approximate surface area is 216 Å². The molecule has 2 aliphatic rings. The molecule has 1 saturated heterocycles. The molecule has 0 atom stereocenters. The molecule has 3 aromatic heterocycles. The lowest BCUT2D eigenvalue weighted by Crippen LogP contribution is -2.48. The van der Waals surface area contributed by atoms with Crippen molar-refractivity contribution in [3.8, 4) is 11.5 Å². The fraction of sp³-hybridized carbons (Fsp3) is 0.464. The Bertz CT molecular complexity index is 1400. The highest BCUT2D eigenvalue weighted by Crippen LogP contribution is 2.31. The molecule has 1 saturated carbocycles. The first-order chi connectivity index (χ1) is 18.0. The van der Waals surface area contributed by atoms with Crippen LogP contribution in [0.1, 0.15) is 49.6 Å². The molecule has 9 heteroatoms. The molecular formula is C28H33N7O2. The maximum absolute atomic E-state index is 12.3. The highest BCUT2D eigenvalue weighted by Gasteiger charge is 2.34. The first-order valence-corrected chi connectivity index (χ1v) is 13.3. The summed E-state index contributed by atoms with van der Waals surface area (Å²) in [6.45, 7) is 8.64. The minimum absolute atomic E-state index is 0.306. The fourth-order valence-electron chi connectivity index (χ4n) is 4.97. The predicted molar refractivity (Wildman–Crippen MR) is 140 cm³/mol. The van der Waals surface area contributed by atoms with Crippen LogP contribution in [0.15, 0.2) is 41.1 Å². The number of fused-ring (bicyclic) bond motifs is 1. The number of carbonyl (C=O) groups is 1. The van der Waals surface area contributed by atoms with Crippen LogP contribution >= 0.6 is 0 Å². The molecule has 0 spiro atoms. The summed E-state index contributed by atoms with van der Waals surface area (Å²) >= 11 is 0. The van der Waals surface area contributed by atoms with Gasteiger partial charge < -0.3 is 14.4 Å². The van der Waals surface area contributed by atoms with Gasteiger partial charge in [0, 0.05) is 68.9 Å². The third-order valence-electron chi connectivity index (χ3n) is 7.08. The largest absolute Gasteiger partial charge is 0.342 e. The van der Waals surface area contributed by atoms with E-state index >= 15 is 0 Å². The molecule has 0 radical (unpaired) electrons. The molecular weight excluding hydrogens is 466 g/mol. The second-order valence-corrected chi connectivity index (χ2v) is 10.7. The molecule has 4 aromatic rings. The van der Waals surface area contributed by atoms with Gasteiger partial charge >= 0.3 is 0 Å². The summed E-state index contributed by atoms with van der Waals surface area (Å²) in [6.07, 6.45) is 5.44. The van der Waals surface area contributed by atoms with Crippen LogP contribution in [-0.2, 0) is 24.2 Å². The number of pyridine rings is 1. The molecule has 2 fully saturated rings. The van der Waals surface area contributed by atoms with Gasteiger partial charge in [-0.1, -0.05) is 19.0 Å². The van der Waals surface area contributed by atoms with Crippen molar-refractivity contribution in [1.82, 2.24) is 34.9 Å². The molecule has 37 heavy (non-hydrogen) atoms. The number of benzene rings is 1. The minimum atomic E-state index is 0.306. The van der Waals surface area contributed by atoms with E-state index in [1.165, 1.54) is 5.56 Å². The van der Waals surface area contributed by atoms with E-state index in [4.69, 9.17) is 9.51 Å². The SMILES string of the molecule is CC(C)Cc1noc(-c2ccc3nc(Cc4cc(CN5CCN(C(=O)C6CC6)CC5)ccn4)[nH]c3c2)n1. The van der Waals surface area contributed by atoms with Crippen LogP contribution in [0.4, 0.5) is 0 Å². The second kappa shape index (κ2) is 10.0. The number of H-pyrrole nitrogens is 1. The lowest BCUT2D eigenvalue weighted by atomic mass is 10.1. The Morgan fingerprint density at radius 3 is 2.73 bits per heavy atom. The van der Waals surface area contributed by atoms with E-state index in [9.17, 15) is 4.79 Å². The molecule has 0 unspecified atom stereocenters. The molecule has 9 nitrogen and oxygen atoms in total. The van der Waals surface area contributed by atoms with Gasteiger partial charge in [-0.2, -0.15) is 4.98 Å². The molecule has 4 heterocycles. The Morgan fingerprint density at radius 1 is 1.11 bits per heavy atom. The van der Waals surface area contributed by atoms with Crippen LogP contribution < -0.4 is 0 Å². The third kappa shape index (κ3) is 5.56. The Morgan fingerprint density at radius 2 is 1.95 bits per heavy atom. The number of rotatable bonds is 8. The number of aromatic amines is 1. The Hall–Kier alpha value is -3.59. The van der Waals surface area contributed by atoms with Crippen molar-refractivity contribution < 1.29 is 9.32 Å². The minimum Gasteiger partial charge on any atom is -0.342 e. The van der Waals surface area contributed by atoms with Crippen molar-refractivity contribution in [2.45, 2.75) is 46.1 Å². The van der Waals surface area contributed by atoms with Crippen molar-refractivity contribution in [3.63, 3.8) is 0 Å². The van der Waals surface area contributed by atoms with Gasteiger partial charge in [0.2, 0.25) is 5.91 Å². The molecule has 1 N–H and O–H groups in total. The van der Waals surface area contributed by atoms with E-state index < -0.39 is 0 Å². The lowest BCUT2D eigenvalue weighted by Gasteiger charge is -2.35. The quantitative estimate of drug-likeness (QED) is 0.393. The maximum Gasteiger partial charge on any atom is 0.257 e. The van der Waals surface area contributed by atoms with Gasteiger partial charge in [-0.25, -0.2) is 4.98 Å². The fourth-order valence-corrected chi connectivity index (χ4v) is 4.97. The summed E-state index contributed by atoms with van der Waals surface area (Å²) < 4.78 is 5.48. The normalized spacial score (nSPS) is 16.7. The number of nitrogens with one attached hydrogen (secondary N) is 1. The Balaban J connectivity index is 1.09. The smallest absolute Gasteiger partial charge is 0.257 e. The van der Waals surface area contributed by atoms with Gasteiger partial charge in [0.1, 0.15) is 5.82 Å². The maximum atomic E-state index is 12.3. The number of piperazine rings is 1. The average Bonchev–Trinajstić information content (AvgIpc) is 3.51.